The monoisotopic (exact) mass is 287 g/mol. The molecule has 0 spiro atoms. The van der Waals surface area contributed by atoms with Gasteiger partial charge in [-0.3, -0.25) is 0 Å². The van der Waals surface area contributed by atoms with Crippen LogP contribution in [0.4, 0.5) is 0 Å². The molecule has 1 fully saturated rings. The topological polar surface area (TPSA) is 59.2 Å². The molecule has 1 aliphatic heterocycles. The summed E-state index contributed by atoms with van der Waals surface area (Å²) in [6.07, 6.45) is 5.50. The van der Waals surface area contributed by atoms with Crippen molar-refractivity contribution in [2.75, 3.05) is 20.8 Å². The van der Waals surface area contributed by atoms with Gasteiger partial charge in [0.05, 0.1) is 32.2 Å². The maximum absolute atomic E-state index is 5.45. The fraction of sp³-hybridized carbons (Fsp3) is 0.438. The van der Waals surface area contributed by atoms with E-state index in [-0.39, 0.29) is 0 Å². The van der Waals surface area contributed by atoms with Gasteiger partial charge in [-0.05, 0) is 31.5 Å². The first-order chi connectivity index (χ1) is 10.3. The van der Waals surface area contributed by atoms with Gasteiger partial charge in [-0.1, -0.05) is 6.42 Å². The second-order valence-corrected chi connectivity index (χ2v) is 5.25. The Labute approximate surface area is 124 Å². The molecule has 5 heteroatoms. The molecule has 2 aromatic rings. The molecule has 0 radical (unpaired) electrons. The first-order valence-corrected chi connectivity index (χ1v) is 7.32. The van der Waals surface area contributed by atoms with Gasteiger partial charge in [0.25, 0.3) is 0 Å². The molecule has 5 nitrogen and oxygen atoms in total. The van der Waals surface area contributed by atoms with Crippen LogP contribution in [0.25, 0.3) is 11.3 Å². The molecule has 0 saturated carbocycles. The van der Waals surface area contributed by atoms with E-state index in [1.807, 2.05) is 24.4 Å². The van der Waals surface area contributed by atoms with E-state index in [1.165, 1.54) is 12.8 Å². The SMILES string of the molecule is COc1ccc(-c2cnc(C3CCCCN3)[nH]2)c(OC)c1. The lowest BCUT2D eigenvalue weighted by atomic mass is 10.0. The molecule has 1 atom stereocenters. The van der Waals surface area contributed by atoms with Crippen molar-refractivity contribution < 1.29 is 9.47 Å². The zero-order chi connectivity index (χ0) is 14.7. The van der Waals surface area contributed by atoms with E-state index in [9.17, 15) is 0 Å². The lowest BCUT2D eigenvalue weighted by molar-refractivity contribution is 0.395. The van der Waals surface area contributed by atoms with Crippen molar-refractivity contribution in [2.24, 2.45) is 0 Å². The van der Waals surface area contributed by atoms with Crippen LogP contribution in [-0.4, -0.2) is 30.7 Å². The maximum Gasteiger partial charge on any atom is 0.131 e. The van der Waals surface area contributed by atoms with Crippen LogP contribution in [-0.2, 0) is 0 Å². The lowest BCUT2D eigenvalue weighted by Crippen LogP contribution is -2.27. The van der Waals surface area contributed by atoms with Gasteiger partial charge in [0.1, 0.15) is 17.3 Å². The van der Waals surface area contributed by atoms with Gasteiger partial charge in [-0.2, -0.15) is 0 Å². The van der Waals surface area contributed by atoms with E-state index in [4.69, 9.17) is 9.47 Å². The third-order valence-electron chi connectivity index (χ3n) is 3.93. The van der Waals surface area contributed by atoms with Crippen LogP contribution in [0.5, 0.6) is 11.5 Å². The largest absolute Gasteiger partial charge is 0.497 e. The zero-order valence-corrected chi connectivity index (χ0v) is 12.5. The Morgan fingerprint density at radius 3 is 2.81 bits per heavy atom. The number of nitrogens with zero attached hydrogens (tertiary/aromatic N) is 1. The molecule has 2 heterocycles. The number of hydrogen-bond acceptors (Lipinski definition) is 4. The highest BCUT2D eigenvalue weighted by Gasteiger charge is 2.18. The van der Waals surface area contributed by atoms with Crippen molar-refractivity contribution in [3.05, 3.63) is 30.2 Å². The van der Waals surface area contributed by atoms with Crippen LogP contribution >= 0.6 is 0 Å². The molecule has 0 amide bonds. The summed E-state index contributed by atoms with van der Waals surface area (Å²) in [5.74, 6) is 2.56. The number of benzene rings is 1. The molecule has 2 N–H and O–H groups in total. The molecule has 1 aromatic carbocycles. The van der Waals surface area contributed by atoms with E-state index < -0.39 is 0 Å². The number of imidazole rings is 1. The molecule has 0 bridgehead atoms. The van der Waals surface area contributed by atoms with Gasteiger partial charge in [0.2, 0.25) is 0 Å². The van der Waals surface area contributed by atoms with Crippen molar-refractivity contribution >= 4 is 0 Å². The van der Waals surface area contributed by atoms with E-state index >= 15 is 0 Å². The van der Waals surface area contributed by atoms with E-state index in [0.717, 1.165) is 41.5 Å². The fourth-order valence-corrected chi connectivity index (χ4v) is 2.76. The smallest absolute Gasteiger partial charge is 0.131 e. The van der Waals surface area contributed by atoms with Crippen LogP contribution < -0.4 is 14.8 Å². The Morgan fingerprint density at radius 2 is 2.10 bits per heavy atom. The number of methoxy groups -OCH3 is 2. The van der Waals surface area contributed by atoms with Gasteiger partial charge >= 0.3 is 0 Å². The number of aromatic amines is 1. The summed E-state index contributed by atoms with van der Waals surface area (Å²) in [6.45, 7) is 1.06. The molecule has 1 saturated heterocycles. The van der Waals surface area contributed by atoms with Gasteiger partial charge in [0.15, 0.2) is 0 Å². The minimum Gasteiger partial charge on any atom is -0.497 e. The average Bonchev–Trinajstić information content (AvgIpc) is 3.04. The number of hydrogen-bond donors (Lipinski definition) is 2. The Balaban J connectivity index is 1.88. The highest BCUT2D eigenvalue weighted by atomic mass is 16.5. The van der Waals surface area contributed by atoms with Crippen molar-refractivity contribution in [1.82, 2.24) is 15.3 Å². The van der Waals surface area contributed by atoms with Gasteiger partial charge in [-0.15, -0.1) is 0 Å². The Hall–Kier alpha value is -2.01. The number of aromatic nitrogens is 2. The molecule has 21 heavy (non-hydrogen) atoms. The number of rotatable bonds is 4. The molecular weight excluding hydrogens is 266 g/mol. The van der Waals surface area contributed by atoms with Crippen molar-refractivity contribution in [2.45, 2.75) is 25.3 Å². The summed E-state index contributed by atoms with van der Waals surface area (Å²) in [5.41, 5.74) is 1.96. The minimum atomic E-state index is 0.330. The standard InChI is InChI=1S/C16H21N3O2/c1-20-11-6-7-12(15(9-11)21-2)14-10-18-16(19-14)13-5-3-4-8-17-13/h6-7,9-10,13,17H,3-5,8H2,1-2H3,(H,18,19). The third kappa shape index (κ3) is 2.88. The minimum absolute atomic E-state index is 0.330. The van der Waals surface area contributed by atoms with E-state index in [1.54, 1.807) is 14.2 Å². The van der Waals surface area contributed by atoms with Crippen LogP contribution in [0.2, 0.25) is 0 Å². The van der Waals surface area contributed by atoms with Gasteiger partial charge < -0.3 is 19.8 Å². The van der Waals surface area contributed by atoms with Crippen molar-refractivity contribution in [1.29, 1.82) is 0 Å². The average molecular weight is 287 g/mol. The molecule has 3 rings (SSSR count). The van der Waals surface area contributed by atoms with Crippen LogP contribution in [0.1, 0.15) is 31.1 Å². The predicted molar refractivity (Wildman–Crippen MR) is 81.7 cm³/mol. The van der Waals surface area contributed by atoms with Crippen LogP contribution in [0.15, 0.2) is 24.4 Å². The maximum atomic E-state index is 5.45. The number of piperidine rings is 1. The summed E-state index contributed by atoms with van der Waals surface area (Å²) >= 11 is 0. The summed E-state index contributed by atoms with van der Waals surface area (Å²) in [5, 5.41) is 3.50. The summed E-state index contributed by atoms with van der Waals surface area (Å²) in [6, 6.07) is 6.13. The highest BCUT2D eigenvalue weighted by Crippen LogP contribution is 2.33. The van der Waals surface area contributed by atoms with Crippen LogP contribution in [0.3, 0.4) is 0 Å². The normalized spacial score (nSPS) is 18.5. The predicted octanol–water partition coefficient (Wildman–Crippen LogP) is 2.91. The van der Waals surface area contributed by atoms with Gasteiger partial charge in [0, 0.05) is 11.6 Å². The Morgan fingerprint density at radius 1 is 1.19 bits per heavy atom. The molecule has 112 valence electrons. The molecular formula is C16H21N3O2. The Bertz CT molecular complexity index is 603. The zero-order valence-electron chi connectivity index (χ0n) is 12.5. The fourth-order valence-electron chi connectivity index (χ4n) is 2.76. The quantitative estimate of drug-likeness (QED) is 0.907. The molecule has 0 aliphatic carbocycles. The number of ether oxygens (including phenoxy) is 2. The number of H-pyrrole nitrogens is 1. The van der Waals surface area contributed by atoms with Crippen molar-refractivity contribution in [3.63, 3.8) is 0 Å². The Kier molecular flexibility index (Phi) is 4.10. The van der Waals surface area contributed by atoms with E-state index in [2.05, 4.69) is 15.3 Å². The highest BCUT2D eigenvalue weighted by molar-refractivity contribution is 5.68. The van der Waals surface area contributed by atoms with Crippen LogP contribution in [0, 0.1) is 0 Å². The first kappa shape index (κ1) is 13.9. The summed E-state index contributed by atoms with van der Waals surface area (Å²) < 4.78 is 10.7. The van der Waals surface area contributed by atoms with Crippen molar-refractivity contribution in [3.8, 4) is 22.8 Å². The molecule has 1 aliphatic rings. The van der Waals surface area contributed by atoms with Gasteiger partial charge in [-0.25, -0.2) is 4.98 Å². The summed E-state index contributed by atoms with van der Waals surface area (Å²) in [7, 11) is 3.32. The number of nitrogens with one attached hydrogen (secondary N) is 2. The second kappa shape index (κ2) is 6.18. The third-order valence-corrected chi connectivity index (χ3v) is 3.93. The lowest BCUT2D eigenvalue weighted by Gasteiger charge is -2.21. The second-order valence-electron chi connectivity index (χ2n) is 5.25. The molecule has 1 aromatic heterocycles. The summed E-state index contributed by atoms with van der Waals surface area (Å²) in [4.78, 5) is 7.95. The molecule has 1 unspecified atom stereocenters. The first-order valence-electron chi connectivity index (χ1n) is 7.32. The van der Waals surface area contributed by atoms with E-state index in [0.29, 0.717) is 6.04 Å².